The highest BCUT2D eigenvalue weighted by Gasteiger charge is 2.31. The van der Waals surface area contributed by atoms with Gasteiger partial charge in [0, 0.05) is 35.0 Å². The fourth-order valence-electron chi connectivity index (χ4n) is 2.18. The fraction of sp³-hybridized carbons (Fsp3) is 0.400. The number of benzene rings is 1. The van der Waals surface area contributed by atoms with Gasteiger partial charge >= 0.3 is 5.97 Å². The fourth-order valence-corrected chi connectivity index (χ4v) is 2.18. The number of aromatic nitrogens is 1. The zero-order chi connectivity index (χ0) is 13.3. The van der Waals surface area contributed by atoms with Gasteiger partial charge in [0.05, 0.1) is 0 Å². The Morgan fingerprint density at radius 2 is 1.94 bits per heavy atom. The van der Waals surface area contributed by atoms with E-state index in [4.69, 9.17) is 4.74 Å². The highest BCUT2D eigenvalue weighted by molar-refractivity contribution is 5.83. The van der Waals surface area contributed by atoms with Crippen molar-refractivity contribution < 1.29 is 9.53 Å². The normalized spacial score (nSPS) is 13.6. The van der Waals surface area contributed by atoms with Gasteiger partial charge in [-0.2, -0.15) is 0 Å². The molecule has 0 aliphatic rings. The summed E-state index contributed by atoms with van der Waals surface area (Å²) in [4.78, 5) is 14.5. The van der Waals surface area contributed by atoms with E-state index in [9.17, 15) is 4.79 Å². The van der Waals surface area contributed by atoms with E-state index in [1.807, 2.05) is 30.5 Å². The molecule has 1 N–H and O–H groups in total. The van der Waals surface area contributed by atoms with Crippen LogP contribution in [0.4, 0.5) is 0 Å². The Morgan fingerprint density at radius 3 is 2.56 bits per heavy atom. The van der Waals surface area contributed by atoms with Crippen LogP contribution in [0, 0.1) is 5.41 Å². The van der Waals surface area contributed by atoms with Gasteiger partial charge in [-0.25, -0.2) is 0 Å². The third-order valence-corrected chi connectivity index (χ3v) is 2.97. The molecule has 0 bridgehead atoms. The molecule has 1 aromatic carbocycles. The van der Waals surface area contributed by atoms with Gasteiger partial charge < -0.3 is 9.72 Å². The third-order valence-electron chi connectivity index (χ3n) is 2.97. The maximum atomic E-state index is 11.3. The van der Waals surface area contributed by atoms with E-state index in [1.54, 1.807) is 0 Å². The summed E-state index contributed by atoms with van der Waals surface area (Å²) < 4.78 is 5.51. The van der Waals surface area contributed by atoms with Crippen molar-refractivity contribution in [1.29, 1.82) is 0 Å². The van der Waals surface area contributed by atoms with Crippen molar-refractivity contribution in [3.05, 3.63) is 36.0 Å². The summed E-state index contributed by atoms with van der Waals surface area (Å²) in [7, 11) is 0. The Bertz CT molecular complexity index is 563. The van der Waals surface area contributed by atoms with Crippen LogP contribution in [0.15, 0.2) is 30.5 Å². The van der Waals surface area contributed by atoms with Crippen LogP contribution in [0.1, 0.15) is 39.4 Å². The number of H-pyrrole nitrogens is 1. The van der Waals surface area contributed by atoms with Gasteiger partial charge in [0.1, 0.15) is 6.10 Å². The molecule has 18 heavy (non-hydrogen) atoms. The number of fused-ring (bicyclic) bond motifs is 1. The molecular formula is C15H19NO2. The zero-order valence-corrected chi connectivity index (χ0v) is 11.3. The van der Waals surface area contributed by atoms with Gasteiger partial charge in [0.15, 0.2) is 0 Å². The molecule has 0 spiro atoms. The molecule has 0 saturated heterocycles. The van der Waals surface area contributed by atoms with Crippen LogP contribution < -0.4 is 0 Å². The lowest BCUT2D eigenvalue weighted by Gasteiger charge is -2.29. The maximum Gasteiger partial charge on any atom is 0.303 e. The summed E-state index contributed by atoms with van der Waals surface area (Å²) in [6.07, 6.45) is 1.69. The van der Waals surface area contributed by atoms with Crippen LogP contribution in [0.5, 0.6) is 0 Å². The largest absolute Gasteiger partial charge is 0.457 e. The van der Waals surface area contributed by atoms with Gasteiger partial charge in [-0.15, -0.1) is 0 Å². The standard InChI is InChI=1S/C15H19NO2/c1-10(17)18-14(15(2,3)4)12-9-16-13-8-6-5-7-11(12)13/h5-9,14,16H,1-4H3. The molecule has 1 atom stereocenters. The summed E-state index contributed by atoms with van der Waals surface area (Å²) in [5.74, 6) is -0.250. The first kappa shape index (κ1) is 12.7. The summed E-state index contributed by atoms with van der Waals surface area (Å²) in [5, 5.41) is 1.11. The first-order chi connectivity index (χ1) is 8.39. The van der Waals surface area contributed by atoms with Gasteiger partial charge in [-0.3, -0.25) is 4.79 Å². The third kappa shape index (κ3) is 2.40. The van der Waals surface area contributed by atoms with Crippen molar-refractivity contribution in [2.24, 2.45) is 5.41 Å². The predicted octanol–water partition coefficient (Wildman–Crippen LogP) is 3.82. The molecule has 1 heterocycles. The molecule has 0 saturated carbocycles. The van der Waals surface area contributed by atoms with Crippen LogP contribution in [0.2, 0.25) is 0 Å². The number of aromatic amines is 1. The van der Waals surface area contributed by atoms with Gasteiger partial charge in [-0.1, -0.05) is 39.0 Å². The molecule has 3 nitrogen and oxygen atoms in total. The van der Waals surface area contributed by atoms with Crippen molar-refractivity contribution in [2.75, 3.05) is 0 Å². The molecule has 0 radical (unpaired) electrons. The van der Waals surface area contributed by atoms with Crippen molar-refractivity contribution in [1.82, 2.24) is 4.98 Å². The minimum Gasteiger partial charge on any atom is -0.457 e. The Hall–Kier alpha value is -1.77. The topological polar surface area (TPSA) is 42.1 Å². The van der Waals surface area contributed by atoms with Crippen LogP contribution in [-0.2, 0) is 9.53 Å². The van der Waals surface area contributed by atoms with Crippen molar-refractivity contribution >= 4 is 16.9 Å². The smallest absolute Gasteiger partial charge is 0.303 e. The molecule has 0 aliphatic carbocycles. The summed E-state index contributed by atoms with van der Waals surface area (Å²) in [6.45, 7) is 7.67. The first-order valence-electron chi connectivity index (χ1n) is 6.13. The van der Waals surface area contributed by atoms with Crippen LogP contribution in [0.25, 0.3) is 10.9 Å². The quantitative estimate of drug-likeness (QED) is 0.817. The molecule has 0 amide bonds. The number of nitrogens with one attached hydrogen (secondary N) is 1. The molecular weight excluding hydrogens is 226 g/mol. The highest BCUT2D eigenvalue weighted by Crippen LogP contribution is 2.39. The molecule has 1 aromatic heterocycles. The summed E-state index contributed by atoms with van der Waals surface area (Å²) in [5.41, 5.74) is 1.96. The van der Waals surface area contributed by atoms with E-state index in [-0.39, 0.29) is 17.5 Å². The minimum absolute atomic E-state index is 0.142. The maximum absolute atomic E-state index is 11.3. The van der Waals surface area contributed by atoms with Gasteiger partial charge in [0.25, 0.3) is 0 Å². The number of hydrogen-bond acceptors (Lipinski definition) is 2. The van der Waals surface area contributed by atoms with Crippen LogP contribution in [-0.4, -0.2) is 11.0 Å². The molecule has 3 heteroatoms. The van der Waals surface area contributed by atoms with Gasteiger partial charge in [-0.05, 0) is 6.07 Å². The molecule has 0 fully saturated rings. The predicted molar refractivity (Wildman–Crippen MR) is 72.3 cm³/mol. The van der Waals surface area contributed by atoms with E-state index in [2.05, 4.69) is 25.8 Å². The Balaban J connectivity index is 2.51. The zero-order valence-electron chi connectivity index (χ0n) is 11.3. The number of hydrogen-bond donors (Lipinski definition) is 1. The van der Waals surface area contributed by atoms with E-state index in [1.165, 1.54) is 6.92 Å². The van der Waals surface area contributed by atoms with E-state index < -0.39 is 0 Å². The molecule has 2 aromatic rings. The van der Waals surface area contributed by atoms with Crippen molar-refractivity contribution in [3.8, 4) is 0 Å². The second-order valence-electron chi connectivity index (χ2n) is 5.65. The molecule has 2 rings (SSSR count). The first-order valence-corrected chi connectivity index (χ1v) is 6.13. The SMILES string of the molecule is CC(=O)OC(c1c[nH]c2ccccc12)C(C)(C)C. The average Bonchev–Trinajstić information content (AvgIpc) is 2.67. The van der Waals surface area contributed by atoms with Gasteiger partial charge in [0.2, 0.25) is 0 Å². The number of carbonyl (C=O) groups is 1. The van der Waals surface area contributed by atoms with Crippen molar-refractivity contribution in [2.45, 2.75) is 33.8 Å². The molecule has 96 valence electrons. The summed E-state index contributed by atoms with van der Waals surface area (Å²) in [6, 6.07) is 8.05. The molecule has 0 aliphatic heterocycles. The number of esters is 1. The second-order valence-corrected chi connectivity index (χ2v) is 5.65. The lowest BCUT2D eigenvalue weighted by Crippen LogP contribution is -2.23. The Morgan fingerprint density at radius 1 is 1.28 bits per heavy atom. The number of ether oxygens (including phenoxy) is 1. The number of para-hydroxylation sites is 1. The van der Waals surface area contributed by atoms with E-state index in [0.29, 0.717) is 0 Å². The monoisotopic (exact) mass is 245 g/mol. The van der Waals surface area contributed by atoms with Crippen LogP contribution in [0.3, 0.4) is 0 Å². The summed E-state index contributed by atoms with van der Waals surface area (Å²) >= 11 is 0. The second kappa shape index (κ2) is 4.48. The lowest BCUT2D eigenvalue weighted by atomic mass is 9.84. The van der Waals surface area contributed by atoms with Crippen molar-refractivity contribution in [3.63, 3.8) is 0 Å². The minimum atomic E-state index is -0.250. The Labute approximate surface area is 107 Å². The number of carbonyl (C=O) groups excluding carboxylic acids is 1. The molecule has 1 unspecified atom stereocenters. The van der Waals surface area contributed by atoms with E-state index in [0.717, 1.165) is 16.5 Å². The number of rotatable bonds is 2. The highest BCUT2D eigenvalue weighted by atomic mass is 16.5. The lowest BCUT2D eigenvalue weighted by molar-refractivity contribution is -0.152. The Kier molecular flexibility index (Phi) is 3.16. The van der Waals surface area contributed by atoms with Crippen LogP contribution >= 0.6 is 0 Å². The average molecular weight is 245 g/mol. The van der Waals surface area contributed by atoms with E-state index >= 15 is 0 Å².